The highest BCUT2D eigenvalue weighted by Crippen LogP contribution is 2.32. The van der Waals surface area contributed by atoms with Gasteiger partial charge >= 0.3 is 0 Å². The highest BCUT2D eigenvalue weighted by molar-refractivity contribution is 5.89. The Morgan fingerprint density at radius 3 is 2.93 bits per heavy atom. The molecular weight excluding hydrogens is 342 g/mol. The molecule has 0 aliphatic carbocycles. The molecule has 7 heteroatoms. The van der Waals surface area contributed by atoms with Crippen LogP contribution in [0.2, 0.25) is 0 Å². The molecule has 3 rings (SSSR count). The van der Waals surface area contributed by atoms with Crippen molar-refractivity contribution in [1.29, 1.82) is 0 Å². The molecule has 1 unspecified atom stereocenters. The number of nitrogens with one attached hydrogen (secondary N) is 2. The van der Waals surface area contributed by atoms with E-state index in [0.717, 1.165) is 55.5 Å². The maximum Gasteiger partial charge on any atom is 0.219 e. The number of aryl methyl sites for hydroxylation is 2. The summed E-state index contributed by atoms with van der Waals surface area (Å²) in [6, 6.07) is 4.33. The van der Waals surface area contributed by atoms with Crippen molar-refractivity contribution in [3.8, 4) is 0 Å². The summed E-state index contributed by atoms with van der Waals surface area (Å²) in [7, 11) is 3.52. The maximum absolute atomic E-state index is 11.7. The van der Waals surface area contributed by atoms with E-state index < -0.39 is 0 Å². The molecule has 1 aromatic heterocycles. The lowest BCUT2D eigenvalue weighted by Crippen LogP contribution is -2.28. The molecule has 146 valence electrons. The molecule has 7 nitrogen and oxygen atoms in total. The molecule has 1 aliphatic heterocycles. The van der Waals surface area contributed by atoms with Crippen molar-refractivity contribution in [2.45, 2.75) is 32.1 Å². The number of aldehydes is 1. The Morgan fingerprint density at radius 2 is 2.19 bits per heavy atom. The summed E-state index contributed by atoms with van der Waals surface area (Å²) in [6.45, 7) is 6.18. The molecule has 1 fully saturated rings. The van der Waals surface area contributed by atoms with Crippen molar-refractivity contribution < 1.29 is 9.59 Å². The van der Waals surface area contributed by atoms with Crippen molar-refractivity contribution >= 4 is 28.8 Å². The Morgan fingerprint density at radius 1 is 1.37 bits per heavy atom. The van der Waals surface area contributed by atoms with Crippen molar-refractivity contribution in [3.05, 3.63) is 23.4 Å². The van der Waals surface area contributed by atoms with E-state index in [0.29, 0.717) is 12.8 Å². The number of rotatable bonds is 6. The molecule has 1 atom stereocenters. The third-order valence-corrected chi connectivity index (χ3v) is 5.35. The number of hydrogen-bond donors (Lipinski definition) is 2. The van der Waals surface area contributed by atoms with Crippen LogP contribution < -0.4 is 15.5 Å². The van der Waals surface area contributed by atoms with Crippen LogP contribution in [0.15, 0.2) is 12.1 Å². The molecule has 1 aliphatic rings. The number of hydrogen-bond acceptors (Lipinski definition) is 5. The first-order valence-electron chi connectivity index (χ1n) is 9.64. The largest absolute Gasteiger partial charge is 0.370 e. The Bertz CT molecular complexity index is 821. The normalized spacial score (nSPS) is 16.2. The Kier molecular flexibility index (Phi) is 6.11. The maximum atomic E-state index is 11.7. The fraction of sp³-hybridized carbons (Fsp3) is 0.550. The summed E-state index contributed by atoms with van der Waals surface area (Å²) in [5.74, 6) is -0.436. The first kappa shape index (κ1) is 19.4. The van der Waals surface area contributed by atoms with Crippen molar-refractivity contribution in [1.82, 2.24) is 20.4 Å². The van der Waals surface area contributed by atoms with Gasteiger partial charge in [-0.2, -0.15) is 5.10 Å². The molecule has 0 bridgehead atoms. The highest BCUT2D eigenvalue weighted by atomic mass is 16.1. The molecule has 1 aromatic carbocycles. The molecule has 2 N–H and O–H groups in total. The molecule has 2 aromatic rings. The van der Waals surface area contributed by atoms with Gasteiger partial charge in [0, 0.05) is 51.2 Å². The van der Waals surface area contributed by atoms with Crippen LogP contribution >= 0.6 is 0 Å². The first-order chi connectivity index (χ1) is 13.0. The van der Waals surface area contributed by atoms with Crippen molar-refractivity contribution in [2.75, 3.05) is 38.1 Å². The first-order valence-corrected chi connectivity index (χ1v) is 9.64. The molecule has 0 radical (unpaired) electrons. The number of amides is 1. The second-order valence-electron chi connectivity index (χ2n) is 7.21. The standard InChI is InChI=1S/C20H29N5O2/c1-14-11-16-18(12-17(14)25-9-4-7-22-8-10-25)24(3)23-20(16)15(13-26)5-6-19(27)21-2/h11-13,15,22H,4-10H2,1-3H3,(H,21,27). The van der Waals surface area contributed by atoms with Gasteiger partial charge in [0.1, 0.15) is 6.29 Å². The highest BCUT2D eigenvalue weighted by Gasteiger charge is 2.22. The van der Waals surface area contributed by atoms with Gasteiger partial charge in [-0.3, -0.25) is 9.48 Å². The second-order valence-corrected chi connectivity index (χ2v) is 7.21. The monoisotopic (exact) mass is 371 g/mol. The average Bonchev–Trinajstić information content (AvgIpc) is 2.85. The van der Waals surface area contributed by atoms with Crippen LogP contribution in [0.1, 0.15) is 36.4 Å². The predicted molar refractivity (Wildman–Crippen MR) is 107 cm³/mol. The minimum Gasteiger partial charge on any atom is -0.370 e. The third kappa shape index (κ3) is 4.13. The van der Waals surface area contributed by atoms with E-state index in [1.807, 2.05) is 11.7 Å². The summed E-state index contributed by atoms with van der Waals surface area (Å²) < 4.78 is 1.85. The fourth-order valence-electron chi connectivity index (χ4n) is 3.81. The van der Waals surface area contributed by atoms with E-state index in [2.05, 4.69) is 39.7 Å². The van der Waals surface area contributed by atoms with E-state index in [4.69, 9.17) is 0 Å². The van der Waals surface area contributed by atoms with Gasteiger partial charge in [-0.15, -0.1) is 0 Å². The minimum atomic E-state index is -0.376. The predicted octanol–water partition coefficient (Wildman–Crippen LogP) is 1.49. The van der Waals surface area contributed by atoms with E-state index in [9.17, 15) is 9.59 Å². The minimum absolute atomic E-state index is 0.0599. The fourth-order valence-corrected chi connectivity index (χ4v) is 3.81. The number of benzene rings is 1. The van der Waals surface area contributed by atoms with Crippen LogP contribution in [-0.4, -0.2) is 55.2 Å². The Balaban J connectivity index is 1.95. The zero-order chi connectivity index (χ0) is 19.4. The smallest absolute Gasteiger partial charge is 0.219 e. The van der Waals surface area contributed by atoms with Gasteiger partial charge in [0.25, 0.3) is 0 Å². The van der Waals surface area contributed by atoms with Crippen LogP contribution in [0.25, 0.3) is 10.9 Å². The summed E-state index contributed by atoms with van der Waals surface area (Å²) in [4.78, 5) is 25.7. The summed E-state index contributed by atoms with van der Waals surface area (Å²) >= 11 is 0. The molecule has 0 saturated carbocycles. The lowest BCUT2D eigenvalue weighted by atomic mass is 9.96. The van der Waals surface area contributed by atoms with Gasteiger partial charge in [0.15, 0.2) is 0 Å². The van der Waals surface area contributed by atoms with Gasteiger partial charge in [-0.05, 0) is 44.0 Å². The zero-order valence-electron chi connectivity index (χ0n) is 16.4. The molecule has 27 heavy (non-hydrogen) atoms. The lowest BCUT2D eigenvalue weighted by Gasteiger charge is -2.24. The van der Waals surface area contributed by atoms with Crippen LogP contribution in [-0.2, 0) is 16.6 Å². The molecule has 2 heterocycles. The third-order valence-electron chi connectivity index (χ3n) is 5.35. The number of anilines is 1. The number of aromatic nitrogens is 2. The van der Waals surface area contributed by atoms with E-state index in [1.165, 1.54) is 11.3 Å². The number of carbonyl (C=O) groups excluding carboxylic acids is 2. The van der Waals surface area contributed by atoms with Crippen molar-refractivity contribution in [2.24, 2.45) is 7.05 Å². The summed E-state index contributed by atoms with van der Waals surface area (Å²) in [5, 5.41) is 11.7. The lowest BCUT2D eigenvalue weighted by molar-refractivity contribution is -0.120. The van der Waals surface area contributed by atoms with Gasteiger partial charge in [0.2, 0.25) is 5.91 Å². The Hall–Kier alpha value is -2.41. The quantitative estimate of drug-likeness (QED) is 0.752. The topological polar surface area (TPSA) is 79.3 Å². The van der Waals surface area contributed by atoms with E-state index >= 15 is 0 Å². The molecule has 1 saturated heterocycles. The van der Waals surface area contributed by atoms with E-state index in [-0.39, 0.29) is 11.8 Å². The van der Waals surface area contributed by atoms with Crippen LogP contribution in [0, 0.1) is 6.92 Å². The van der Waals surface area contributed by atoms with Crippen LogP contribution in [0.3, 0.4) is 0 Å². The molecule has 1 amide bonds. The van der Waals surface area contributed by atoms with Gasteiger partial charge in [0.05, 0.1) is 17.1 Å². The summed E-state index contributed by atoms with van der Waals surface area (Å²) in [6.07, 6.45) is 2.82. The van der Waals surface area contributed by atoms with Crippen LogP contribution in [0.4, 0.5) is 5.69 Å². The second kappa shape index (κ2) is 8.52. The number of nitrogens with zero attached hydrogens (tertiary/aromatic N) is 3. The zero-order valence-corrected chi connectivity index (χ0v) is 16.4. The summed E-state index contributed by atoms with van der Waals surface area (Å²) in [5.41, 5.74) is 4.21. The molecule has 0 spiro atoms. The number of carbonyl (C=O) groups is 2. The molecular formula is C20H29N5O2. The number of fused-ring (bicyclic) bond motifs is 1. The Labute approximate surface area is 160 Å². The van der Waals surface area contributed by atoms with Crippen LogP contribution in [0.5, 0.6) is 0 Å². The van der Waals surface area contributed by atoms with Gasteiger partial charge < -0.3 is 20.3 Å². The van der Waals surface area contributed by atoms with E-state index in [1.54, 1.807) is 7.05 Å². The van der Waals surface area contributed by atoms with Gasteiger partial charge in [-0.25, -0.2) is 0 Å². The van der Waals surface area contributed by atoms with Crippen molar-refractivity contribution in [3.63, 3.8) is 0 Å². The SMILES string of the molecule is CNC(=O)CCC(C=O)c1nn(C)c2cc(N3CCCNCC3)c(C)cc12. The van der Waals surface area contributed by atoms with Gasteiger partial charge in [-0.1, -0.05) is 0 Å². The average molecular weight is 371 g/mol.